The highest BCUT2D eigenvalue weighted by Gasteiger charge is 2.21. The van der Waals surface area contributed by atoms with E-state index in [2.05, 4.69) is 10.6 Å². The maximum absolute atomic E-state index is 11.9. The van der Waals surface area contributed by atoms with Crippen molar-refractivity contribution in [2.75, 3.05) is 19.7 Å². The lowest BCUT2D eigenvalue weighted by Crippen LogP contribution is -2.46. The zero-order valence-electron chi connectivity index (χ0n) is 15.8. The van der Waals surface area contributed by atoms with Gasteiger partial charge in [0.15, 0.2) is 12.1 Å². The van der Waals surface area contributed by atoms with Gasteiger partial charge in [-0.1, -0.05) is 20.3 Å². The van der Waals surface area contributed by atoms with E-state index in [4.69, 9.17) is 10.5 Å². The van der Waals surface area contributed by atoms with Gasteiger partial charge in [0, 0.05) is 6.04 Å². The van der Waals surface area contributed by atoms with Gasteiger partial charge in [0.05, 0.1) is 25.7 Å². The van der Waals surface area contributed by atoms with Gasteiger partial charge in [0.25, 0.3) is 0 Å². The molecule has 0 aromatic heterocycles. The monoisotopic (exact) mass is 357 g/mol. The summed E-state index contributed by atoms with van der Waals surface area (Å²) < 4.78 is 5.29. The number of hydrogen-bond donors (Lipinski definition) is 4. The van der Waals surface area contributed by atoms with E-state index in [1.807, 2.05) is 13.8 Å². The van der Waals surface area contributed by atoms with E-state index in [9.17, 15) is 14.7 Å². The van der Waals surface area contributed by atoms with Crippen LogP contribution in [0.3, 0.4) is 0 Å². The highest BCUT2D eigenvalue weighted by molar-refractivity contribution is 5.89. The van der Waals surface area contributed by atoms with Gasteiger partial charge in [0.2, 0.25) is 5.91 Å². The first-order valence-electron chi connectivity index (χ1n) is 9.37. The van der Waals surface area contributed by atoms with Gasteiger partial charge in [-0.3, -0.25) is 9.59 Å². The molecule has 0 aromatic rings. The topological polar surface area (TPSA) is 114 Å². The van der Waals surface area contributed by atoms with Crippen LogP contribution in [0.15, 0.2) is 0 Å². The molecule has 1 aliphatic carbocycles. The number of Topliss-reactive ketones (excluding diaryl/α,β-unsaturated/α-hetero) is 1. The molecule has 1 aliphatic rings. The van der Waals surface area contributed by atoms with Gasteiger partial charge in [-0.2, -0.15) is 0 Å². The number of aliphatic hydroxyl groups excluding tert-OH is 1. The molecule has 0 bridgehead atoms. The molecule has 25 heavy (non-hydrogen) atoms. The van der Waals surface area contributed by atoms with Crippen LogP contribution in [0, 0.1) is 11.8 Å². The summed E-state index contributed by atoms with van der Waals surface area (Å²) in [7, 11) is 0. The second-order valence-electron chi connectivity index (χ2n) is 7.41. The highest BCUT2D eigenvalue weighted by atomic mass is 16.6. The summed E-state index contributed by atoms with van der Waals surface area (Å²) in [5.74, 6) is 0.195. The Morgan fingerprint density at radius 1 is 1.16 bits per heavy atom. The molecule has 1 rings (SSSR count). The summed E-state index contributed by atoms with van der Waals surface area (Å²) in [4.78, 5) is 23.7. The molecule has 1 fully saturated rings. The molecule has 0 saturated heterocycles. The summed E-state index contributed by atoms with van der Waals surface area (Å²) in [6.07, 6.45) is 4.50. The Bertz CT molecular complexity index is 415. The SMILES string of the molecule is CC(O)OCC1CCCC(NCC(=O)CNC(=O)C(N)C(C)C)CC1. The quantitative estimate of drug-likeness (QED) is 0.335. The van der Waals surface area contributed by atoms with Gasteiger partial charge < -0.3 is 26.2 Å². The summed E-state index contributed by atoms with van der Waals surface area (Å²) >= 11 is 0. The summed E-state index contributed by atoms with van der Waals surface area (Å²) in [6, 6.07) is -0.266. The Morgan fingerprint density at radius 2 is 1.88 bits per heavy atom. The maximum Gasteiger partial charge on any atom is 0.237 e. The van der Waals surface area contributed by atoms with Crippen molar-refractivity contribution in [1.82, 2.24) is 10.6 Å². The Morgan fingerprint density at radius 3 is 2.52 bits per heavy atom. The first kappa shape index (κ1) is 22.0. The van der Waals surface area contributed by atoms with E-state index in [-0.39, 0.29) is 30.7 Å². The fourth-order valence-electron chi connectivity index (χ4n) is 2.95. The third-order valence-electron chi connectivity index (χ3n) is 4.73. The lowest BCUT2D eigenvalue weighted by molar-refractivity contribution is -0.126. The molecule has 0 spiro atoms. The van der Waals surface area contributed by atoms with E-state index in [0.29, 0.717) is 18.6 Å². The zero-order chi connectivity index (χ0) is 18.8. The molecule has 7 nitrogen and oxygen atoms in total. The van der Waals surface area contributed by atoms with E-state index >= 15 is 0 Å². The second-order valence-corrected chi connectivity index (χ2v) is 7.41. The van der Waals surface area contributed by atoms with Crippen molar-refractivity contribution >= 4 is 11.7 Å². The van der Waals surface area contributed by atoms with Crippen molar-refractivity contribution in [3.05, 3.63) is 0 Å². The summed E-state index contributed by atoms with van der Waals surface area (Å²) in [5, 5.41) is 15.1. The van der Waals surface area contributed by atoms with Crippen molar-refractivity contribution in [3.63, 3.8) is 0 Å². The molecule has 7 heteroatoms. The molecule has 4 unspecified atom stereocenters. The van der Waals surface area contributed by atoms with Crippen LogP contribution < -0.4 is 16.4 Å². The van der Waals surface area contributed by atoms with Gasteiger partial charge in [-0.15, -0.1) is 0 Å². The van der Waals surface area contributed by atoms with E-state index in [0.717, 1.165) is 32.1 Å². The smallest absolute Gasteiger partial charge is 0.237 e. The molecule has 4 atom stereocenters. The first-order valence-corrected chi connectivity index (χ1v) is 9.37. The van der Waals surface area contributed by atoms with Crippen LogP contribution in [-0.2, 0) is 14.3 Å². The van der Waals surface area contributed by atoms with E-state index < -0.39 is 12.3 Å². The molecule has 1 amide bonds. The number of ether oxygens (including phenoxy) is 1. The number of aliphatic hydroxyl groups is 1. The van der Waals surface area contributed by atoms with Crippen molar-refractivity contribution in [2.45, 2.75) is 71.2 Å². The second kappa shape index (κ2) is 11.6. The van der Waals surface area contributed by atoms with Crippen molar-refractivity contribution in [1.29, 1.82) is 0 Å². The largest absolute Gasteiger partial charge is 0.368 e. The molecule has 1 saturated carbocycles. The number of carbonyl (C=O) groups excluding carboxylic acids is 2. The third kappa shape index (κ3) is 9.30. The Labute approximate surface area is 151 Å². The maximum atomic E-state index is 11.9. The minimum Gasteiger partial charge on any atom is -0.368 e. The molecule has 5 N–H and O–H groups in total. The number of hydrogen-bond acceptors (Lipinski definition) is 6. The molecule has 146 valence electrons. The predicted molar refractivity (Wildman–Crippen MR) is 96.8 cm³/mol. The van der Waals surface area contributed by atoms with Crippen molar-refractivity contribution < 1.29 is 19.4 Å². The van der Waals surface area contributed by atoms with Crippen LogP contribution in [0.4, 0.5) is 0 Å². The van der Waals surface area contributed by atoms with Crippen LogP contribution in [0.5, 0.6) is 0 Å². The van der Waals surface area contributed by atoms with Crippen LogP contribution in [-0.4, -0.2) is 54.9 Å². The lowest BCUT2D eigenvalue weighted by Gasteiger charge is -2.18. The molecule has 0 aromatic carbocycles. The van der Waals surface area contributed by atoms with Gasteiger partial charge >= 0.3 is 0 Å². The van der Waals surface area contributed by atoms with Gasteiger partial charge in [-0.05, 0) is 44.4 Å². The van der Waals surface area contributed by atoms with Crippen LogP contribution in [0.2, 0.25) is 0 Å². The molecular formula is C18H35N3O4. The standard InChI is InChI=1S/C18H35N3O4/c1-12(2)17(19)18(24)21-10-16(23)9-20-15-6-4-5-14(7-8-15)11-25-13(3)22/h12-15,17,20,22H,4-11,19H2,1-3H3,(H,21,24). The normalized spacial score (nSPS) is 23.8. The first-order chi connectivity index (χ1) is 11.8. The fourth-order valence-corrected chi connectivity index (χ4v) is 2.95. The minimum absolute atomic E-state index is 0.0177. The van der Waals surface area contributed by atoms with Crippen LogP contribution >= 0.6 is 0 Å². The number of nitrogens with two attached hydrogens (primary N) is 1. The Hall–Kier alpha value is -1.02. The average Bonchev–Trinajstić information content (AvgIpc) is 2.80. The Balaban J connectivity index is 2.22. The number of amides is 1. The van der Waals surface area contributed by atoms with Gasteiger partial charge in [0.1, 0.15) is 0 Å². The average molecular weight is 357 g/mol. The zero-order valence-corrected chi connectivity index (χ0v) is 15.8. The number of nitrogens with one attached hydrogen (secondary N) is 2. The minimum atomic E-state index is -0.714. The highest BCUT2D eigenvalue weighted by Crippen LogP contribution is 2.23. The van der Waals surface area contributed by atoms with E-state index in [1.165, 1.54) is 0 Å². The molecule has 0 heterocycles. The van der Waals surface area contributed by atoms with Crippen LogP contribution in [0.1, 0.15) is 52.9 Å². The number of ketones is 1. The number of carbonyl (C=O) groups is 2. The van der Waals surface area contributed by atoms with Gasteiger partial charge in [-0.25, -0.2) is 0 Å². The van der Waals surface area contributed by atoms with Crippen molar-refractivity contribution in [3.8, 4) is 0 Å². The molecule has 0 radical (unpaired) electrons. The Kier molecular flexibility index (Phi) is 10.2. The summed E-state index contributed by atoms with van der Waals surface area (Å²) in [6.45, 7) is 6.24. The molecular weight excluding hydrogens is 322 g/mol. The van der Waals surface area contributed by atoms with Crippen molar-refractivity contribution in [2.24, 2.45) is 17.6 Å². The molecule has 0 aliphatic heterocycles. The summed E-state index contributed by atoms with van der Waals surface area (Å²) in [5.41, 5.74) is 5.75. The lowest BCUT2D eigenvalue weighted by atomic mass is 10.0. The fraction of sp³-hybridized carbons (Fsp3) is 0.889. The third-order valence-corrected chi connectivity index (χ3v) is 4.73. The van der Waals surface area contributed by atoms with Crippen LogP contribution in [0.25, 0.3) is 0 Å². The predicted octanol–water partition coefficient (Wildman–Crippen LogP) is 0.548. The number of rotatable bonds is 10. The van der Waals surface area contributed by atoms with E-state index in [1.54, 1.807) is 6.92 Å².